The van der Waals surface area contributed by atoms with Crippen molar-refractivity contribution in [2.24, 2.45) is 5.73 Å². The number of nitrogens with two attached hydrogens (primary N) is 1. The van der Waals surface area contributed by atoms with Gasteiger partial charge in [-0.25, -0.2) is 9.59 Å². The van der Waals surface area contributed by atoms with Gasteiger partial charge in [0, 0.05) is 6.42 Å². The summed E-state index contributed by atoms with van der Waals surface area (Å²) in [5.41, 5.74) is 4.84. The fourth-order valence-electron chi connectivity index (χ4n) is 0.816. The molecule has 0 rings (SSSR count). The molecule has 0 saturated heterocycles. The van der Waals surface area contributed by atoms with Crippen LogP contribution < -0.4 is 5.73 Å². The molecule has 0 radical (unpaired) electrons. The average Bonchev–Trinajstić information content (AvgIpc) is 2.52. The Hall–Kier alpha value is -3.88. The fraction of sp³-hybridized carbons (Fsp3) is 0.385. The first kappa shape index (κ1) is 28.9. The predicted octanol–water partition coefficient (Wildman–Crippen LogP) is -2.51. The van der Waals surface area contributed by atoms with Crippen molar-refractivity contribution in [3.05, 3.63) is 0 Å². The molecule has 28 heavy (non-hydrogen) atoms. The van der Waals surface area contributed by atoms with Crippen LogP contribution in [0, 0.1) is 0 Å². The predicted molar refractivity (Wildman–Crippen MR) is 82.3 cm³/mol. The van der Waals surface area contributed by atoms with Gasteiger partial charge in [0.1, 0.15) is 12.5 Å². The second kappa shape index (κ2) is 15.4. The number of hydrogen-bond acceptors (Lipinski definition) is 9. The Kier molecular flexibility index (Phi) is 15.9. The van der Waals surface area contributed by atoms with Gasteiger partial charge in [-0.15, -0.1) is 0 Å². The van der Waals surface area contributed by atoms with Crippen molar-refractivity contribution in [2.75, 3.05) is 0 Å². The van der Waals surface area contributed by atoms with Gasteiger partial charge in [-0.2, -0.15) is 0 Å². The number of carbonyl (C=O) groups is 8. The van der Waals surface area contributed by atoms with Gasteiger partial charge < -0.3 is 36.4 Å². The maximum Gasteiger partial charge on any atom is 0.372 e. The molecule has 0 aromatic heterocycles. The molecule has 1 atom stereocenters. The molecule has 15 nitrogen and oxygen atoms in total. The van der Waals surface area contributed by atoms with E-state index in [9.17, 15) is 38.4 Å². The van der Waals surface area contributed by atoms with Crippen LogP contribution in [0.1, 0.15) is 25.7 Å². The molecule has 0 aliphatic carbocycles. The SMILES string of the molecule is N[C@@H](CC(=O)O)C(=O)O.O=C(O)CC(=O)C(=O)O.O=C(O)CCC(=O)C(=O)O. The molecule has 8 N–H and O–H groups in total. The van der Waals surface area contributed by atoms with Crippen LogP contribution in [-0.2, 0) is 38.4 Å². The summed E-state index contributed by atoms with van der Waals surface area (Å²) in [6, 6.07) is -1.29. The van der Waals surface area contributed by atoms with E-state index in [4.69, 9.17) is 36.4 Å². The van der Waals surface area contributed by atoms with E-state index >= 15 is 0 Å². The molecule has 0 heterocycles. The van der Waals surface area contributed by atoms with Crippen LogP contribution in [0.5, 0.6) is 0 Å². The second-order valence-electron chi connectivity index (χ2n) is 4.46. The Bertz CT molecular complexity index is 637. The van der Waals surface area contributed by atoms with Crippen molar-refractivity contribution in [3.8, 4) is 0 Å². The van der Waals surface area contributed by atoms with Crippen LogP contribution in [0.4, 0.5) is 0 Å². The quantitative estimate of drug-likeness (QED) is 0.144. The minimum atomic E-state index is -1.71. The summed E-state index contributed by atoms with van der Waals surface area (Å²) in [6.07, 6.45) is -2.35. The van der Waals surface area contributed by atoms with Crippen molar-refractivity contribution in [3.63, 3.8) is 0 Å². The highest BCUT2D eigenvalue weighted by atomic mass is 16.4. The number of hydrogen-bond donors (Lipinski definition) is 7. The molecule has 15 heteroatoms. The molecular formula is C13H17NO14. The largest absolute Gasteiger partial charge is 0.481 e. The number of ketones is 2. The Morgan fingerprint density at radius 2 is 1.04 bits per heavy atom. The van der Waals surface area contributed by atoms with Crippen molar-refractivity contribution in [1.82, 2.24) is 0 Å². The lowest BCUT2D eigenvalue weighted by molar-refractivity contribution is -0.152. The summed E-state index contributed by atoms with van der Waals surface area (Å²) in [6.45, 7) is 0. The number of carboxylic acid groups (broad SMARTS) is 6. The summed E-state index contributed by atoms with van der Waals surface area (Å²) in [7, 11) is 0. The molecular weight excluding hydrogens is 394 g/mol. The molecule has 0 saturated carbocycles. The van der Waals surface area contributed by atoms with Gasteiger partial charge in [0.05, 0.1) is 12.8 Å². The zero-order chi connectivity index (χ0) is 23.0. The van der Waals surface area contributed by atoms with E-state index in [0.717, 1.165) is 0 Å². The standard InChI is InChI=1S/C5H6O5.C4H7NO4.C4H4O5/c6-3(5(9)10)1-2-4(7)8;2*5-2(4(8)9)1-3(6)7/h1-2H2,(H,7,8)(H,9,10);2H,1,5H2,(H,6,7)(H,8,9);1H2,(H,6,7)(H,8,9)/t;2-;/m.0./s1. The van der Waals surface area contributed by atoms with Gasteiger partial charge in [-0.1, -0.05) is 0 Å². The monoisotopic (exact) mass is 411 g/mol. The molecule has 0 bridgehead atoms. The molecule has 0 unspecified atom stereocenters. The normalized spacial score (nSPS) is 9.89. The van der Waals surface area contributed by atoms with Crippen molar-refractivity contribution >= 4 is 47.4 Å². The third-order valence-electron chi connectivity index (χ3n) is 2.07. The average molecular weight is 411 g/mol. The van der Waals surface area contributed by atoms with Crippen molar-refractivity contribution < 1.29 is 69.0 Å². The minimum absolute atomic E-state index is 0.425. The van der Waals surface area contributed by atoms with Crippen LogP contribution >= 0.6 is 0 Å². The third kappa shape index (κ3) is 22.1. The third-order valence-corrected chi connectivity index (χ3v) is 2.07. The van der Waals surface area contributed by atoms with Crippen LogP contribution in [0.3, 0.4) is 0 Å². The molecule has 0 aromatic rings. The van der Waals surface area contributed by atoms with E-state index in [1.54, 1.807) is 0 Å². The number of aliphatic carboxylic acids is 6. The number of carbonyl (C=O) groups excluding carboxylic acids is 2. The highest BCUT2D eigenvalue weighted by molar-refractivity contribution is 6.35. The zero-order valence-corrected chi connectivity index (χ0v) is 13.9. The summed E-state index contributed by atoms with van der Waals surface area (Å²) in [5, 5.41) is 47.7. The summed E-state index contributed by atoms with van der Waals surface area (Å²) >= 11 is 0. The Morgan fingerprint density at radius 1 is 0.607 bits per heavy atom. The van der Waals surface area contributed by atoms with Crippen LogP contribution in [0.25, 0.3) is 0 Å². The highest BCUT2D eigenvalue weighted by Gasteiger charge is 2.15. The maximum atomic E-state index is 10.2. The highest BCUT2D eigenvalue weighted by Crippen LogP contribution is 1.90. The first-order valence-electron chi connectivity index (χ1n) is 6.77. The van der Waals surface area contributed by atoms with Crippen LogP contribution in [-0.4, -0.2) is 84.1 Å². The van der Waals surface area contributed by atoms with Crippen LogP contribution in [0.15, 0.2) is 0 Å². The number of carboxylic acids is 6. The first-order valence-corrected chi connectivity index (χ1v) is 6.77. The van der Waals surface area contributed by atoms with Crippen molar-refractivity contribution in [1.29, 1.82) is 0 Å². The Morgan fingerprint density at radius 3 is 1.21 bits per heavy atom. The molecule has 0 aromatic carbocycles. The molecule has 0 spiro atoms. The Labute approximate surface area is 155 Å². The topological polar surface area (TPSA) is 284 Å². The summed E-state index contributed by atoms with van der Waals surface area (Å²) in [4.78, 5) is 78.6. The Balaban J connectivity index is -0.000000336. The van der Waals surface area contributed by atoms with E-state index in [0.29, 0.717) is 0 Å². The molecule has 158 valence electrons. The molecule has 0 amide bonds. The van der Waals surface area contributed by atoms with E-state index in [1.165, 1.54) is 0 Å². The maximum absolute atomic E-state index is 10.2. The van der Waals surface area contributed by atoms with Gasteiger partial charge in [0.15, 0.2) is 0 Å². The number of Topliss-reactive ketones (excluding diaryl/α,β-unsaturated/α-hetero) is 2. The lowest BCUT2D eigenvalue weighted by atomic mass is 10.2. The number of rotatable bonds is 10. The van der Waals surface area contributed by atoms with E-state index in [2.05, 4.69) is 0 Å². The van der Waals surface area contributed by atoms with E-state index in [1.807, 2.05) is 0 Å². The molecule has 0 aliphatic rings. The van der Waals surface area contributed by atoms with Crippen molar-refractivity contribution in [2.45, 2.75) is 31.7 Å². The second-order valence-corrected chi connectivity index (χ2v) is 4.46. The van der Waals surface area contributed by atoms with Gasteiger partial charge in [-0.05, 0) is 0 Å². The fourth-order valence-corrected chi connectivity index (χ4v) is 0.816. The van der Waals surface area contributed by atoms with Gasteiger partial charge in [0.25, 0.3) is 5.78 Å². The first-order chi connectivity index (χ1) is 12.6. The zero-order valence-electron chi connectivity index (χ0n) is 13.9. The van der Waals surface area contributed by atoms with E-state index < -0.39 is 79.1 Å². The van der Waals surface area contributed by atoms with Crippen LogP contribution in [0.2, 0.25) is 0 Å². The lowest BCUT2D eigenvalue weighted by Gasteiger charge is -1.99. The van der Waals surface area contributed by atoms with Gasteiger partial charge in [0.2, 0.25) is 5.78 Å². The summed E-state index contributed by atoms with van der Waals surface area (Å²) < 4.78 is 0. The van der Waals surface area contributed by atoms with E-state index in [-0.39, 0.29) is 0 Å². The lowest BCUT2D eigenvalue weighted by Crippen LogP contribution is -2.32. The van der Waals surface area contributed by atoms with Gasteiger partial charge >= 0.3 is 35.8 Å². The summed E-state index contributed by atoms with van der Waals surface area (Å²) in [5.74, 6) is -10.8. The molecule has 0 fully saturated rings. The molecule has 0 aliphatic heterocycles. The minimum Gasteiger partial charge on any atom is -0.481 e. The smallest absolute Gasteiger partial charge is 0.372 e. The van der Waals surface area contributed by atoms with Gasteiger partial charge in [-0.3, -0.25) is 28.8 Å².